The molecule has 7 nitrogen and oxygen atoms in total. The normalized spacial score (nSPS) is 12.8. The van der Waals surface area contributed by atoms with Crippen LogP contribution in [0.3, 0.4) is 0 Å². The third-order valence-electron chi connectivity index (χ3n) is 5.68. The number of phenols is 2. The van der Waals surface area contributed by atoms with Gasteiger partial charge in [-0.05, 0) is 48.2 Å². The fraction of sp³-hybridized carbons (Fsp3) is 0.296. The van der Waals surface area contributed by atoms with Crippen LogP contribution in [0.2, 0.25) is 0 Å². The van der Waals surface area contributed by atoms with E-state index in [4.69, 9.17) is 0 Å². The van der Waals surface area contributed by atoms with Crippen LogP contribution >= 0.6 is 0 Å². The number of phenolic OH excluding ortho intramolecular Hbond substituents is 1. The van der Waals surface area contributed by atoms with E-state index in [9.17, 15) is 25.2 Å². The second-order valence-electron chi connectivity index (χ2n) is 8.48. The van der Waals surface area contributed by atoms with Crippen molar-refractivity contribution in [2.24, 2.45) is 0 Å². The zero-order valence-corrected chi connectivity index (χ0v) is 19.2. The molecule has 180 valence electrons. The van der Waals surface area contributed by atoms with Crippen LogP contribution in [0.25, 0.3) is 0 Å². The third kappa shape index (κ3) is 7.31. The van der Waals surface area contributed by atoms with Crippen LogP contribution in [0.4, 0.5) is 0 Å². The number of rotatable bonds is 11. The minimum atomic E-state index is -0.771. The van der Waals surface area contributed by atoms with Crippen LogP contribution in [0.15, 0.2) is 66.7 Å². The number of para-hydroxylation sites is 1. The lowest BCUT2D eigenvalue weighted by atomic mass is 10.0. The van der Waals surface area contributed by atoms with Gasteiger partial charge >= 0.3 is 0 Å². The molecule has 0 fully saturated rings. The molecule has 0 spiro atoms. The molecule has 0 heterocycles. The lowest BCUT2D eigenvalue weighted by molar-refractivity contribution is -0.120. The summed E-state index contributed by atoms with van der Waals surface area (Å²) in [6.07, 6.45) is 0.195. The Morgan fingerprint density at radius 3 is 2.41 bits per heavy atom. The number of hydrogen-bond acceptors (Lipinski definition) is 6. The monoisotopic (exact) mass is 464 g/mol. The molecule has 0 radical (unpaired) electrons. The van der Waals surface area contributed by atoms with Gasteiger partial charge in [0.05, 0.1) is 19.1 Å². The molecule has 7 heteroatoms. The van der Waals surface area contributed by atoms with Gasteiger partial charge in [-0.25, -0.2) is 0 Å². The van der Waals surface area contributed by atoms with Crippen LogP contribution in [-0.2, 0) is 30.8 Å². The van der Waals surface area contributed by atoms with Crippen molar-refractivity contribution in [1.82, 2.24) is 10.6 Å². The maximum Gasteiger partial charge on any atom is 0.224 e. The number of benzene rings is 3. The number of carbonyl (C=O) groups excluding carboxylic acids is 1. The van der Waals surface area contributed by atoms with Gasteiger partial charge in [0.2, 0.25) is 5.91 Å². The first-order valence-corrected chi connectivity index (χ1v) is 11.3. The third-order valence-corrected chi connectivity index (χ3v) is 5.68. The fourth-order valence-corrected chi connectivity index (χ4v) is 3.76. The Hall–Kier alpha value is -3.39. The van der Waals surface area contributed by atoms with Crippen molar-refractivity contribution in [2.45, 2.75) is 45.1 Å². The highest BCUT2D eigenvalue weighted by Gasteiger charge is 2.13. The molecule has 0 aliphatic heterocycles. The zero-order valence-electron chi connectivity index (χ0n) is 19.2. The largest absolute Gasteiger partial charge is 0.508 e. The predicted octanol–water partition coefficient (Wildman–Crippen LogP) is 2.70. The van der Waals surface area contributed by atoms with Gasteiger partial charge in [0.1, 0.15) is 11.5 Å². The molecular weight excluding hydrogens is 432 g/mol. The Morgan fingerprint density at radius 1 is 0.912 bits per heavy atom. The van der Waals surface area contributed by atoms with E-state index in [1.54, 1.807) is 30.3 Å². The molecular formula is C27H32N2O5. The summed E-state index contributed by atoms with van der Waals surface area (Å²) in [4.78, 5) is 12.3. The van der Waals surface area contributed by atoms with Crippen molar-refractivity contribution >= 4 is 5.91 Å². The van der Waals surface area contributed by atoms with E-state index in [1.807, 2.05) is 37.3 Å². The summed E-state index contributed by atoms with van der Waals surface area (Å²) in [6.45, 7) is 2.33. The molecule has 1 amide bonds. The lowest BCUT2D eigenvalue weighted by Gasteiger charge is -2.18. The summed E-state index contributed by atoms with van der Waals surface area (Å²) in [7, 11) is 0. The fourth-order valence-electron chi connectivity index (χ4n) is 3.76. The minimum absolute atomic E-state index is 0.00607. The standard InChI is InChI=1S/C27H32N2O5/c1-18(28-16-26(33)21-9-10-25(32)23(14-21)17-30)11-19-5-4-6-20(12-19)13-27(34)29-15-22-7-2-3-8-24(22)31/h2-10,12,14,18,26,28,30-33H,11,13,15-17H2,1H3,(H,29,34). The number of aromatic hydroxyl groups is 2. The van der Waals surface area contributed by atoms with E-state index in [1.165, 1.54) is 6.07 Å². The number of aliphatic hydroxyl groups excluding tert-OH is 2. The number of hydrogen-bond donors (Lipinski definition) is 6. The molecule has 3 aromatic carbocycles. The number of amides is 1. The van der Waals surface area contributed by atoms with Crippen molar-refractivity contribution in [3.8, 4) is 11.5 Å². The zero-order chi connectivity index (χ0) is 24.5. The van der Waals surface area contributed by atoms with Gasteiger partial charge in [0.25, 0.3) is 0 Å². The Morgan fingerprint density at radius 2 is 1.65 bits per heavy atom. The van der Waals surface area contributed by atoms with Gasteiger partial charge in [-0.1, -0.05) is 48.5 Å². The van der Waals surface area contributed by atoms with E-state index in [2.05, 4.69) is 10.6 Å². The van der Waals surface area contributed by atoms with Crippen molar-refractivity contribution < 1.29 is 25.2 Å². The Kier molecular flexibility index (Phi) is 9.04. The van der Waals surface area contributed by atoms with Crippen LogP contribution < -0.4 is 10.6 Å². The lowest BCUT2D eigenvalue weighted by Crippen LogP contribution is -2.32. The SMILES string of the molecule is CC(Cc1cccc(CC(=O)NCc2ccccc2O)c1)NCC(O)c1ccc(O)c(CO)c1. The smallest absolute Gasteiger partial charge is 0.224 e. The van der Waals surface area contributed by atoms with E-state index in [0.29, 0.717) is 23.2 Å². The number of nitrogens with one attached hydrogen (secondary N) is 2. The van der Waals surface area contributed by atoms with Crippen molar-refractivity contribution in [3.05, 3.63) is 94.5 Å². The summed E-state index contributed by atoms with van der Waals surface area (Å²) in [5.41, 5.74) is 3.66. The molecule has 3 rings (SSSR count). The van der Waals surface area contributed by atoms with Crippen LogP contribution in [0.5, 0.6) is 11.5 Å². The molecule has 0 aliphatic rings. The topological polar surface area (TPSA) is 122 Å². The summed E-state index contributed by atoms with van der Waals surface area (Å²) < 4.78 is 0. The maximum atomic E-state index is 12.3. The van der Waals surface area contributed by atoms with E-state index >= 15 is 0 Å². The average Bonchev–Trinajstić information content (AvgIpc) is 2.82. The molecule has 0 saturated carbocycles. The van der Waals surface area contributed by atoms with Crippen molar-refractivity contribution in [2.75, 3.05) is 6.54 Å². The van der Waals surface area contributed by atoms with Gasteiger partial charge in [0.15, 0.2) is 0 Å². The first-order chi connectivity index (χ1) is 16.4. The highest BCUT2D eigenvalue weighted by atomic mass is 16.3. The molecule has 3 aromatic rings. The first kappa shape index (κ1) is 25.2. The van der Waals surface area contributed by atoms with Gasteiger partial charge in [-0.3, -0.25) is 4.79 Å². The van der Waals surface area contributed by atoms with Crippen LogP contribution in [-0.4, -0.2) is 38.9 Å². The summed E-state index contributed by atoms with van der Waals surface area (Å²) in [6, 6.07) is 19.5. The highest BCUT2D eigenvalue weighted by molar-refractivity contribution is 5.78. The first-order valence-electron chi connectivity index (χ1n) is 11.3. The molecule has 34 heavy (non-hydrogen) atoms. The molecule has 0 aliphatic carbocycles. The van der Waals surface area contributed by atoms with Crippen molar-refractivity contribution in [3.63, 3.8) is 0 Å². The average molecular weight is 465 g/mol. The van der Waals surface area contributed by atoms with Crippen LogP contribution in [0.1, 0.15) is 40.8 Å². The highest BCUT2D eigenvalue weighted by Crippen LogP contribution is 2.22. The molecule has 2 unspecified atom stereocenters. The van der Waals surface area contributed by atoms with Crippen molar-refractivity contribution in [1.29, 1.82) is 0 Å². The predicted molar refractivity (Wildman–Crippen MR) is 130 cm³/mol. The van der Waals surface area contributed by atoms with E-state index in [-0.39, 0.29) is 43.0 Å². The molecule has 6 N–H and O–H groups in total. The Balaban J connectivity index is 1.48. The maximum absolute atomic E-state index is 12.3. The number of carbonyl (C=O) groups is 1. The quantitative estimate of drug-likeness (QED) is 0.259. The van der Waals surface area contributed by atoms with Gasteiger partial charge < -0.3 is 31.1 Å². The number of aliphatic hydroxyl groups is 2. The van der Waals surface area contributed by atoms with Gasteiger partial charge in [-0.15, -0.1) is 0 Å². The Labute approximate surface area is 199 Å². The Bertz CT molecular complexity index is 1100. The van der Waals surface area contributed by atoms with Crippen LogP contribution in [0, 0.1) is 0 Å². The molecule has 2 atom stereocenters. The minimum Gasteiger partial charge on any atom is -0.508 e. The molecule has 0 saturated heterocycles. The summed E-state index contributed by atoms with van der Waals surface area (Å²) in [5.74, 6) is 0.0491. The van der Waals surface area contributed by atoms with E-state index in [0.717, 1.165) is 17.5 Å². The molecule has 0 bridgehead atoms. The second-order valence-corrected chi connectivity index (χ2v) is 8.48. The molecule has 0 aromatic heterocycles. The summed E-state index contributed by atoms with van der Waals surface area (Å²) in [5, 5.41) is 45.4. The van der Waals surface area contributed by atoms with Gasteiger partial charge in [-0.2, -0.15) is 0 Å². The second kappa shape index (κ2) is 12.2. The van der Waals surface area contributed by atoms with E-state index < -0.39 is 6.10 Å². The van der Waals surface area contributed by atoms with Gasteiger partial charge in [0, 0.05) is 30.3 Å². The summed E-state index contributed by atoms with van der Waals surface area (Å²) >= 11 is 0.